The normalized spacial score (nSPS) is 18.5. The van der Waals surface area contributed by atoms with Crippen LogP contribution in [0.5, 0.6) is 0 Å². The topological polar surface area (TPSA) is 32.3 Å². The number of hydrogen-bond donors (Lipinski definition) is 1. The zero-order valence-electron chi connectivity index (χ0n) is 13.8. The van der Waals surface area contributed by atoms with Gasteiger partial charge >= 0.3 is 0 Å². The molecule has 0 radical (unpaired) electrons. The number of hydrogen-bond acceptors (Lipinski definition) is 2. The fraction of sp³-hybridized carbons (Fsp3) is 0.526. The number of rotatable bonds is 7. The Labute approximate surface area is 134 Å². The van der Waals surface area contributed by atoms with Crippen LogP contribution in [0, 0.1) is 0 Å². The molecule has 1 aliphatic rings. The number of nitrogens with one attached hydrogen (secondary N) is 1. The van der Waals surface area contributed by atoms with Gasteiger partial charge in [0.05, 0.1) is 0 Å². The van der Waals surface area contributed by atoms with Crippen LogP contribution in [0.15, 0.2) is 36.4 Å². The molecule has 1 amide bonds. The van der Waals surface area contributed by atoms with Crippen molar-refractivity contribution < 1.29 is 4.79 Å². The van der Waals surface area contributed by atoms with Gasteiger partial charge < -0.3 is 10.2 Å². The molecule has 1 heterocycles. The van der Waals surface area contributed by atoms with E-state index in [1.54, 1.807) is 0 Å². The van der Waals surface area contributed by atoms with Crippen LogP contribution in [0.3, 0.4) is 0 Å². The van der Waals surface area contributed by atoms with Gasteiger partial charge in [-0.05, 0) is 37.8 Å². The maximum Gasteiger partial charge on any atom is 0.254 e. The van der Waals surface area contributed by atoms with Crippen LogP contribution in [0.2, 0.25) is 0 Å². The molecule has 0 spiro atoms. The smallest absolute Gasteiger partial charge is 0.254 e. The molecule has 1 aromatic carbocycles. The maximum absolute atomic E-state index is 13.0. The summed E-state index contributed by atoms with van der Waals surface area (Å²) >= 11 is 0. The highest BCUT2D eigenvalue weighted by Gasteiger charge is 2.21. The zero-order valence-corrected chi connectivity index (χ0v) is 13.8. The number of nitrogens with zero attached hydrogens (tertiary/aromatic N) is 1. The molecule has 120 valence electrons. The van der Waals surface area contributed by atoms with Crippen molar-refractivity contribution in [1.29, 1.82) is 0 Å². The molecule has 3 heteroatoms. The van der Waals surface area contributed by atoms with Gasteiger partial charge in [-0.2, -0.15) is 0 Å². The molecule has 1 aliphatic heterocycles. The molecule has 1 N–H and O–H groups in total. The van der Waals surface area contributed by atoms with E-state index in [0.717, 1.165) is 50.0 Å². The summed E-state index contributed by atoms with van der Waals surface area (Å²) in [5.41, 5.74) is 1.88. The van der Waals surface area contributed by atoms with E-state index in [1.807, 2.05) is 35.2 Å². The van der Waals surface area contributed by atoms with Crippen LogP contribution >= 0.6 is 0 Å². The summed E-state index contributed by atoms with van der Waals surface area (Å²) in [6.45, 7) is 6.95. The summed E-state index contributed by atoms with van der Waals surface area (Å²) in [4.78, 5) is 15.0. The predicted molar refractivity (Wildman–Crippen MR) is 92.6 cm³/mol. The summed E-state index contributed by atoms with van der Waals surface area (Å²) in [7, 11) is 0. The van der Waals surface area contributed by atoms with E-state index in [0.29, 0.717) is 6.04 Å². The minimum absolute atomic E-state index is 0.170. The zero-order chi connectivity index (χ0) is 15.8. The second kappa shape index (κ2) is 8.74. The second-order valence-corrected chi connectivity index (χ2v) is 5.94. The van der Waals surface area contributed by atoms with Crippen LogP contribution in [-0.4, -0.2) is 36.5 Å². The third-order valence-electron chi connectivity index (χ3n) is 4.06. The Morgan fingerprint density at radius 3 is 2.45 bits per heavy atom. The molecule has 3 nitrogen and oxygen atoms in total. The van der Waals surface area contributed by atoms with Gasteiger partial charge in [0, 0.05) is 24.7 Å². The fourth-order valence-corrected chi connectivity index (χ4v) is 2.99. The highest BCUT2D eigenvalue weighted by atomic mass is 16.2. The molecular weight excluding hydrogens is 272 g/mol. The van der Waals surface area contributed by atoms with E-state index < -0.39 is 0 Å². The highest BCUT2D eigenvalue weighted by Crippen LogP contribution is 2.21. The molecule has 0 aromatic heterocycles. The first-order valence-corrected chi connectivity index (χ1v) is 8.56. The van der Waals surface area contributed by atoms with Gasteiger partial charge in [-0.1, -0.05) is 50.3 Å². The van der Waals surface area contributed by atoms with Gasteiger partial charge in [-0.25, -0.2) is 0 Å². The summed E-state index contributed by atoms with van der Waals surface area (Å²) in [5.74, 6) is 0.170. The van der Waals surface area contributed by atoms with Crippen LogP contribution in [-0.2, 0) is 4.79 Å². The lowest BCUT2D eigenvalue weighted by Crippen LogP contribution is -2.34. The Hall–Kier alpha value is -1.61. The fourth-order valence-electron chi connectivity index (χ4n) is 2.99. The third kappa shape index (κ3) is 4.44. The molecule has 1 unspecified atom stereocenters. The summed E-state index contributed by atoms with van der Waals surface area (Å²) in [6.07, 6.45) is 6.43. The molecule has 0 saturated carbocycles. The average molecular weight is 300 g/mol. The van der Waals surface area contributed by atoms with Gasteiger partial charge in [-0.15, -0.1) is 0 Å². The van der Waals surface area contributed by atoms with Crippen LogP contribution in [0.25, 0.3) is 5.57 Å². The van der Waals surface area contributed by atoms with E-state index in [1.165, 1.54) is 6.42 Å². The van der Waals surface area contributed by atoms with Crippen LogP contribution < -0.4 is 5.32 Å². The van der Waals surface area contributed by atoms with Crippen molar-refractivity contribution in [1.82, 2.24) is 10.2 Å². The molecule has 0 aliphatic carbocycles. The lowest BCUT2D eigenvalue weighted by molar-refractivity contribution is -0.125. The molecule has 1 fully saturated rings. The van der Waals surface area contributed by atoms with Crippen molar-refractivity contribution in [3.63, 3.8) is 0 Å². The first kappa shape index (κ1) is 16.8. The summed E-state index contributed by atoms with van der Waals surface area (Å²) in [6, 6.07) is 10.4. The Morgan fingerprint density at radius 1 is 1.23 bits per heavy atom. The van der Waals surface area contributed by atoms with Crippen molar-refractivity contribution in [2.45, 2.75) is 45.6 Å². The first-order valence-electron chi connectivity index (χ1n) is 8.56. The predicted octanol–water partition coefficient (Wildman–Crippen LogP) is 3.47. The molecule has 22 heavy (non-hydrogen) atoms. The number of carbonyl (C=O) groups excluding carboxylic acids is 1. The lowest BCUT2D eigenvalue weighted by atomic mass is 10.0. The maximum atomic E-state index is 13.0. The first-order chi connectivity index (χ1) is 10.8. The van der Waals surface area contributed by atoms with Crippen molar-refractivity contribution in [3.05, 3.63) is 42.0 Å². The highest BCUT2D eigenvalue weighted by molar-refractivity contribution is 6.19. The van der Waals surface area contributed by atoms with Gasteiger partial charge in [0.1, 0.15) is 0 Å². The quantitative estimate of drug-likeness (QED) is 0.782. The Kier molecular flexibility index (Phi) is 6.66. The Bertz CT molecular complexity index is 483. The summed E-state index contributed by atoms with van der Waals surface area (Å²) < 4.78 is 0. The Balaban J connectivity index is 2.28. The van der Waals surface area contributed by atoms with Gasteiger partial charge in [0.2, 0.25) is 0 Å². The van der Waals surface area contributed by atoms with Crippen molar-refractivity contribution in [2.24, 2.45) is 0 Å². The van der Waals surface area contributed by atoms with E-state index >= 15 is 0 Å². The van der Waals surface area contributed by atoms with Gasteiger partial charge in [0.25, 0.3) is 5.91 Å². The molecule has 0 bridgehead atoms. The number of amides is 1. The molecule has 1 saturated heterocycles. The van der Waals surface area contributed by atoms with Gasteiger partial charge in [-0.3, -0.25) is 4.79 Å². The second-order valence-electron chi connectivity index (χ2n) is 5.94. The van der Waals surface area contributed by atoms with Crippen molar-refractivity contribution in [2.75, 3.05) is 19.6 Å². The van der Waals surface area contributed by atoms with E-state index in [-0.39, 0.29) is 5.91 Å². The number of carbonyl (C=O) groups is 1. The van der Waals surface area contributed by atoms with Crippen molar-refractivity contribution >= 4 is 11.5 Å². The van der Waals surface area contributed by atoms with Crippen molar-refractivity contribution in [3.8, 4) is 0 Å². The van der Waals surface area contributed by atoms with E-state index in [2.05, 4.69) is 25.2 Å². The largest absolute Gasteiger partial charge is 0.339 e. The summed E-state index contributed by atoms with van der Waals surface area (Å²) in [5, 5.41) is 3.47. The van der Waals surface area contributed by atoms with E-state index in [9.17, 15) is 4.79 Å². The number of benzene rings is 1. The van der Waals surface area contributed by atoms with Crippen LogP contribution in [0.1, 0.15) is 45.1 Å². The average Bonchev–Trinajstić information content (AvgIpc) is 3.06. The lowest BCUT2D eigenvalue weighted by Gasteiger charge is -2.24. The molecule has 2 rings (SSSR count). The Morgan fingerprint density at radius 2 is 1.91 bits per heavy atom. The van der Waals surface area contributed by atoms with Gasteiger partial charge in [0.15, 0.2) is 0 Å². The molecule has 1 atom stereocenters. The third-order valence-corrected chi connectivity index (χ3v) is 4.06. The molecule has 1 aromatic rings. The SMILES string of the molecule is CCCN(CCC)C(=O)/C(=C\C1CCCN1)c1ccccc1. The standard InChI is InChI=1S/C19H28N2O/c1-3-13-21(14-4-2)19(22)18(15-17-11-8-12-20-17)16-9-6-5-7-10-16/h5-7,9-10,15,17,20H,3-4,8,11-14H2,1-2H3/b18-15-. The molecular formula is C19H28N2O. The van der Waals surface area contributed by atoms with Crippen LogP contribution in [0.4, 0.5) is 0 Å². The minimum atomic E-state index is 0.170. The minimum Gasteiger partial charge on any atom is -0.339 e. The monoisotopic (exact) mass is 300 g/mol. The van der Waals surface area contributed by atoms with E-state index in [4.69, 9.17) is 0 Å².